The molecule has 0 fully saturated rings. The maximum absolute atomic E-state index is 12.1. The summed E-state index contributed by atoms with van der Waals surface area (Å²) in [6.45, 7) is 9.10. The fourth-order valence-electron chi connectivity index (χ4n) is 2.04. The van der Waals surface area contributed by atoms with Crippen LogP contribution in [0.2, 0.25) is 0 Å². The first-order chi connectivity index (χ1) is 9.97. The van der Waals surface area contributed by atoms with Crippen molar-refractivity contribution in [3.63, 3.8) is 0 Å². The van der Waals surface area contributed by atoms with Gasteiger partial charge in [-0.1, -0.05) is 32.9 Å². The molecule has 0 aliphatic carbocycles. The van der Waals surface area contributed by atoms with E-state index in [0.29, 0.717) is 12.3 Å². The lowest BCUT2D eigenvalue weighted by Gasteiger charge is -2.23. The molecule has 0 saturated heterocycles. The number of rotatable bonds is 5. The molecule has 0 aliphatic heterocycles. The molecular weight excluding hydrogens is 264 g/mol. The van der Waals surface area contributed by atoms with E-state index in [4.69, 9.17) is 4.74 Å². The monoisotopic (exact) mass is 286 g/mol. The molecule has 0 radical (unpaired) electrons. The smallest absolute Gasteiger partial charge is 0.313 e. The number of hydrogen-bond acceptors (Lipinski definition) is 3. The van der Waals surface area contributed by atoms with Gasteiger partial charge in [-0.15, -0.1) is 0 Å². The van der Waals surface area contributed by atoms with Crippen LogP contribution in [0.1, 0.15) is 39.7 Å². The maximum atomic E-state index is 12.1. The van der Waals surface area contributed by atoms with E-state index in [2.05, 4.69) is 25.8 Å². The number of aryl methyl sites for hydroxylation is 1. The Morgan fingerprint density at radius 3 is 2.43 bits per heavy atom. The van der Waals surface area contributed by atoms with E-state index in [1.165, 1.54) is 5.56 Å². The molecule has 0 amide bonds. The average molecular weight is 286 g/mol. The summed E-state index contributed by atoms with van der Waals surface area (Å²) < 4.78 is 7.17. The van der Waals surface area contributed by atoms with Gasteiger partial charge in [0.25, 0.3) is 5.88 Å². The second kappa shape index (κ2) is 6.12. The molecule has 4 nitrogen and oxygen atoms in total. The van der Waals surface area contributed by atoms with Crippen LogP contribution in [0.3, 0.4) is 0 Å². The van der Waals surface area contributed by atoms with Gasteiger partial charge < -0.3 is 9.30 Å². The summed E-state index contributed by atoms with van der Waals surface area (Å²) in [4.78, 5) is 16.1. The third-order valence-electron chi connectivity index (χ3n) is 3.96. The van der Waals surface area contributed by atoms with Crippen molar-refractivity contribution in [3.05, 3.63) is 52.6 Å². The van der Waals surface area contributed by atoms with E-state index in [1.807, 2.05) is 31.2 Å². The summed E-state index contributed by atoms with van der Waals surface area (Å²) in [5, 5.41) is 0. The van der Waals surface area contributed by atoms with E-state index in [-0.39, 0.29) is 16.9 Å². The van der Waals surface area contributed by atoms with Crippen LogP contribution >= 0.6 is 0 Å². The largest absolute Gasteiger partial charge is 0.435 e. The zero-order chi connectivity index (χ0) is 15.5. The lowest BCUT2D eigenvalue weighted by atomic mass is 9.82. The molecule has 0 N–H and O–H groups in total. The van der Waals surface area contributed by atoms with Crippen molar-refractivity contribution >= 4 is 0 Å². The highest BCUT2D eigenvalue weighted by Crippen LogP contribution is 2.28. The second-order valence-electron chi connectivity index (χ2n) is 5.69. The van der Waals surface area contributed by atoms with Gasteiger partial charge in [-0.3, -0.25) is 4.79 Å². The zero-order valence-corrected chi connectivity index (χ0v) is 13.1. The highest BCUT2D eigenvalue weighted by molar-refractivity contribution is 5.33. The molecule has 0 spiro atoms. The summed E-state index contributed by atoms with van der Waals surface area (Å²) in [6.07, 6.45) is 4.30. The first kappa shape index (κ1) is 15.3. The molecule has 4 heteroatoms. The van der Waals surface area contributed by atoms with Crippen molar-refractivity contribution in [2.24, 2.45) is 0 Å². The van der Waals surface area contributed by atoms with Gasteiger partial charge in [-0.2, -0.15) is 0 Å². The molecule has 0 atom stereocenters. The van der Waals surface area contributed by atoms with Crippen LogP contribution in [-0.2, 0) is 12.0 Å². The van der Waals surface area contributed by atoms with Gasteiger partial charge in [-0.05, 0) is 36.5 Å². The summed E-state index contributed by atoms with van der Waals surface area (Å²) in [6, 6.07) is 7.86. The quantitative estimate of drug-likeness (QED) is 0.841. The topological polar surface area (TPSA) is 44.1 Å². The Balaban J connectivity index is 2.24. The minimum Gasteiger partial charge on any atom is -0.435 e. The Labute approximate surface area is 125 Å². The molecule has 0 unspecified atom stereocenters. The van der Waals surface area contributed by atoms with Gasteiger partial charge >= 0.3 is 5.56 Å². The van der Waals surface area contributed by atoms with Crippen molar-refractivity contribution in [2.75, 3.05) is 0 Å². The van der Waals surface area contributed by atoms with Gasteiger partial charge in [0.05, 0.1) is 0 Å². The highest BCUT2D eigenvalue weighted by atomic mass is 16.5. The summed E-state index contributed by atoms with van der Waals surface area (Å²) in [5.74, 6) is 0.742. The third kappa shape index (κ3) is 3.32. The fourth-order valence-corrected chi connectivity index (χ4v) is 2.04. The lowest BCUT2D eigenvalue weighted by molar-refractivity contribution is 0.444. The fraction of sp³-hybridized carbons (Fsp3) is 0.412. The van der Waals surface area contributed by atoms with Crippen LogP contribution in [0.25, 0.3) is 0 Å². The van der Waals surface area contributed by atoms with Gasteiger partial charge in [0.15, 0.2) is 0 Å². The van der Waals surface area contributed by atoms with Crippen LogP contribution < -0.4 is 10.3 Å². The molecule has 2 aromatic rings. The second-order valence-corrected chi connectivity index (χ2v) is 5.69. The summed E-state index contributed by atoms with van der Waals surface area (Å²) >= 11 is 0. The van der Waals surface area contributed by atoms with Crippen LogP contribution in [0.15, 0.2) is 41.5 Å². The molecular formula is C17H22N2O2. The standard InChI is InChI=1S/C17H22N2O2/c1-5-17(3,4)13-7-9-14(10-8-13)21-15-16(20)19(6-2)12-11-18-15/h7-12H,5-6H2,1-4H3. The first-order valence-corrected chi connectivity index (χ1v) is 7.31. The Morgan fingerprint density at radius 2 is 1.86 bits per heavy atom. The molecule has 0 bridgehead atoms. The molecule has 21 heavy (non-hydrogen) atoms. The Kier molecular flexibility index (Phi) is 4.46. The minimum absolute atomic E-state index is 0.113. The average Bonchev–Trinajstić information content (AvgIpc) is 2.50. The molecule has 1 aromatic carbocycles. The molecule has 0 saturated carbocycles. The zero-order valence-electron chi connectivity index (χ0n) is 13.1. The minimum atomic E-state index is -0.210. The lowest BCUT2D eigenvalue weighted by Crippen LogP contribution is -2.20. The maximum Gasteiger partial charge on any atom is 0.313 e. The molecule has 1 aromatic heterocycles. The van der Waals surface area contributed by atoms with Crippen LogP contribution in [0.4, 0.5) is 0 Å². The van der Waals surface area contributed by atoms with E-state index < -0.39 is 0 Å². The number of ether oxygens (including phenoxy) is 1. The molecule has 2 rings (SSSR count). The predicted molar refractivity (Wildman–Crippen MR) is 84.0 cm³/mol. The first-order valence-electron chi connectivity index (χ1n) is 7.31. The number of aromatic nitrogens is 2. The van der Waals surface area contributed by atoms with E-state index >= 15 is 0 Å². The van der Waals surface area contributed by atoms with E-state index in [9.17, 15) is 4.79 Å². The van der Waals surface area contributed by atoms with Crippen LogP contribution in [0.5, 0.6) is 11.6 Å². The predicted octanol–water partition coefficient (Wildman–Crippen LogP) is 3.74. The normalized spacial score (nSPS) is 11.4. The SMILES string of the molecule is CCn1ccnc(Oc2ccc(C(C)(C)CC)cc2)c1=O. The summed E-state index contributed by atoms with van der Waals surface area (Å²) in [5.41, 5.74) is 1.18. The number of nitrogens with zero attached hydrogens (tertiary/aromatic N) is 2. The van der Waals surface area contributed by atoms with Crippen LogP contribution in [0, 0.1) is 0 Å². The highest BCUT2D eigenvalue weighted by Gasteiger charge is 2.17. The Hall–Kier alpha value is -2.10. The van der Waals surface area contributed by atoms with Gasteiger partial charge in [0.2, 0.25) is 0 Å². The number of hydrogen-bond donors (Lipinski definition) is 0. The van der Waals surface area contributed by atoms with Crippen molar-refractivity contribution < 1.29 is 4.74 Å². The van der Waals surface area contributed by atoms with Crippen molar-refractivity contribution in [2.45, 2.75) is 46.1 Å². The molecule has 0 aliphatic rings. The van der Waals surface area contributed by atoms with Crippen LogP contribution in [-0.4, -0.2) is 9.55 Å². The van der Waals surface area contributed by atoms with E-state index in [0.717, 1.165) is 6.42 Å². The van der Waals surface area contributed by atoms with Crippen molar-refractivity contribution in [1.29, 1.82) is 0 Å². The van der Waals surface area contributed by atoms with Gasteiger partial charge in [-0.25, -0.2) is 4.98 Å². The van der Waals surface area contributed by atoms with E-state index in [1.54, 1.807) is 17.0 Å². The van der Waals surface area contributed by atoms with Gasteiger partial charge in [0, 0.05) is 18.9 Å². The van der Waals surface area contributed by atoms with Gasteiger partial charge in [0.1, 0.15) is 5.75 Å². The molecule has 112 valence electrons. The summed E-state index contributed by atoms with van der Waals surface area (Å²) in [7, 11) is 0. The Morgan fingerprint density at radius 1 is 1.19 bits per heavy atom. The molecule has 1 heterocycles. The van der Waals surface area contributed by atoms with Crippen molar-refractivity contribution in [3.8, 4) is 11.6 Å². The number of benzene rings is 1. The van der Waals surface area contributed by atoms with Crippen molar-refractivity contribution in [1.82, 2.24) is 9.55 Å². The Bertz CT molecular complexity index is 657. The third-order valence-corrected chi connectivity index (χ3v) is 3.96.